The standard InChI is InChI=1S/C15H19N3OS/c19-14(6-10-20-15-3-1-2-7-16-15)17-13-11-18-8-4-12(13)5-9-18/h1-3,6-7,10,12-13H,4-5,8-9,11H2,(H,17,19)/b10-6-. The lowest BCUT2D eigenvalue weighted by molar-refractivity contribution is -0.118. The summed E-state index contributed by atoms with van der Waals surface area (Å²) in [7, 11) is 0. The van der Waals surface area contributed by atoms with Crippen LogP contribution in [-0.2, 0) is 4.79 Å². The Balaban J connectivity index is 1.47. The number of carbonyl (C=O) groups is 1. The van der Waals surface area contributed by atoms with Crippen molar-refractivity contribution >= 4 is 17.7 Å². The molecule has 3 aliphatic rings. The maximum Gasteiger partial charge on any atom is 0.244 e. The van der Waals surface area contributed by atoms with Crippen molar-refractivity contribution in [1.29, 1.82) is 0 Å². The van der Waals surface area contributed by atoms with E-state index in [4.69, 9.17) is 0 Å². The van der Waals surface area contributed by atoms with Gasteiger partial charge in [-0.25, -0.2) is 4.98 Å². The highest BCUT2D eigenvalue weighted by Crippen LogP contribution is 2.27. The number of fused-ring (bicyclic) bond motifs is 3. The maximum absolute atomic E-state index is 11.9. The van der Waals surface area contributed by atoms with Gasteiger partial charge in [0.1, 0.15) is 5.03 Å². The Labute approximate surface area is 123 Å². The van der Waals surface area contributed by atoms with Crippen LogP contribution in [0.15, 0.2) is 40.9 Å². The van der Waals surface area contributed by atoms with E-state index in [1.54, 1.807) is 17.7 Å². The van der Waals surface area contributed by atoms with Crippen molar-refractivity contribution in [2.75, 3.05) is 19.6 Å². The Morgan fingerprint density at radius 3 is 2.90 bits per heavy atom. The Morgan fingerprint density at radius 2 is 2.25 bits per heavy atom. The van der Waals surface area contributed by atoms with Crippen LogP contribution in [-0.4, -0.2) is 41.5 Å². The van der Waals surface area contributed by atoms with Crippen LogP contribution in [0.5, 0.6) is 0 Å². The molecule has 106 valence electrons. The molecule has 1 atom stereocenters. The number of nitrogens with one attached hydrogen (secondary N) is 1. The molecule has 4 heterocycles. The van der Waals surface area contributed by atoms with E-state index < -0.39 is 0 Å². The van der Waals surface area contributed by atoms with E-state index in [0.717, 1.165) is 11.6 Å². The third-order valence-corrected chi connectivity index (χ3v) is 4.78. The topological polar surface area (TPSA) is 45.2 Å². The van der Waals surface area contributed by atoms with Crippen molar-refractivity contribution in [1.82, 2.24) is 15.2 Å². The van der Waals surface area contributed by atoms with Crippen LogP contribution in [0.3, 0.4) is 0 Å². The van der Waals surface area contributed by atoms with Gasteiger partial charge in [0, 0.05) is 24.9 Å². The molecule has 1 N–H and O–H groups in total. The van der Waals surface area contributed by atoms with Crippen LogP contribution in [0, 0.1) is 5.92 Å². The number of carbonyl (C=O) groups excluding carboxylic acids is 1. The number of pyridine rings is 1. The van der Waals surface area contributed by atoms with E-state index in [2.05, 4.69) is 15.2 Å². The number of amides is 1. The van der Waals surface area contributed by atoms with Crippen LogP contribution < -0.4 is 5.32 Å². The molecule has 1 aromatic heterocycles. The summed E-state index contributed by atoms with van der Waals surface area (Å²) < 4.78 is 0. The third-order valence-electron chi connectivity index (χ3n) is 4.03. The minimum Gasteiger partial charge on any atom is -0.348 e. The zero-order valence-electron chi connectivity index (χ0n) is 11.4. The molecule has 0 aliphatic carbocycles. The van der Waals surface area contributed by atoms with Gasteiger partial charge in [-0.15, -0.1) is 0 Å². The second-order valence-electron chi connectivity index (χ2n) is 5.34. The summed E-state index contributed by atoms with van der Waals surface area (Å²) in [5.74, 6) is 0.674. The van der Waals surface area contributed by atoms with Crippen molar-refractivity contribution in [2.45, 2.75) is 23.9 Å². The first kappa shape index (κ1) is 13.6. The van der Waals surface area contributed by atoms with Crippen molar-refractivity contribution in [3.8, 4) is 0 Å². The van der Waals surface area contributed by atoms with Gasteiger partial charge in [0.25, 0.3) is 0 Å². The van der Waals surface area contributed by atoms with Gasteiger partial charge < -0.3 is 10.2 Å². The predicted molar refractivity (Wildman–Crippen MR) is 80.3 cm³/mol. The van der Waals surface area contributed by atoms with Gasteiger partial charge in [0.15, 0.2) is 0 Å². The van der Waals surface area contributed by atoms with Crippen LogP contribution in [0.4, 0.5) is 0 Å². The molecule has 4 nitrogen and oxygen atoms in total. The van der Waals surface area contributed by atoms with Crippen LogP contribution in [0.25, 0.3) is 0 Å². The minimum absolute atomic E-state index is 0.00665. The molecule has 0 radical (unpaired) electrons. The van der Waals surface area contributed by atoms with Gasteiger partial charge in [-0.1, -0.05) is 17.8 Å². The molecule has 3 saturated heterocycles. The van der Waals surface area contributed by atoms with Gasteiger partial charge in [-0.3, -0.25) is 4.79 Å². The van der Waals surface area contributed by atoms with Gasteiger partial charge in [0.2, 0.25) is 5.91 Å². The molecule has 1 unspecified atom stereocenters. The first-order chi connectivity index (χ1) is 9.81. The van der Waals surface area contributed by atoms with Crippen molar-refractivity contribution in [3.63, 3.8) is 0 Å². The molecular weight excluding hydrogens is 270 g/mol. The summed E-state index contributed by atoms with van der Waals surface area (Å²) in [5.41, 5.74) is 0. The molecule has 0 saturated carbocycles. The monoisotopic (exact) mass is 289 g/mol. The molecule has 2 bridgehead atoms. The first-order valence-corrected chi connectivity index (χ1v) is 7.96. The highest BCUT2D eigenvalue weighted by atomic mass is 32.2. The lowest BCUT2D eigenvalue weighted by Crippen LogP contribution is -2.57. The molecule has 3 aliphatic heterocycles. The summed E-state index contributed by atoms with van der Waals surface area (Å²) in [6.07, 6.45) is 5.80. The van der Waals surface area contributed by atoms with E-state index in [1.807, 2.05) is 18.2 Å². The fourth-order valence-corrected chi connectivity index (χ4v) is 3.55. The third kappa shape index (κ3) is 3.41. The Kier molecular flexibility index (Phi) is 4.38. The first-order valence-electron chi connectivity index (χ1n) is 7.08. The Hall–Kier alpha value is -1.33. The molecule has 1 amide bonds. The lowest BCUT2D eigenvalue weighted by atomic mass is 9.84. The van der Waals surface area contributed by atoms with Gasteiger partial charge in [-0.05, 0) is 49.4 Å². The number of aromatic nitrogens is 1. The number of hydrogen-bond acceptors (Lipinski definition) is 4. The van der Waals surface area contributed by atoms with Crippen LogP contribution >= 0.6 is 11.8 Å². The Morgan fingerprint density at radius 1 is 1.40 bits per heavy atom. The SMILES string of the molecule is O=C(/C=C\Sc1ccccn1)NC1CN2CCC1CC2. The highest BCUT2D eigenvalue weighted by Gasteiger charge is 2.34. The number of thioether (sulfide) groups is 1. The molecule has 0 aromatic carbocycles. The molecule has 4 rings (SSSR count). The normalized spacial score (nSPS) is 28.7. The lowest BCUT2D eigenvalue weighted by Gasteiger charge is -2.44. The summed E-state index contributed by atoms with van der Waals surface area (Å²) >= 11 is 1.46. The minimum atomic E-state index is 0.00665. The van der Waals surface area contributed by atoms with Crippen molar-refractivity contribution < 1.29 is 4.79 Å². The number of hydrogen-bond donors (Lipinski definition) is 1. The molecule has 20 heavy (non-hydrogen) atoms. The second kappa shape index (κ2) is 6.41. The summed E-state index contributed by atoms with van der Waals surface area (Å²) in [6, 6.07) is 6.08. The van der Waals surface area contributed by atoms with E-state index >= 15 is 0 Å². The van der Waals surface area contributed by atoms with E-state index in [0.29, 0.717) is 12.0 Å². The van der Waals surface area contributed by atoms with E-state index in [9.17, 15) is 4.79 Å². The highest BCUT2D eigenvalue weighted by molar-refractivity contribution is 8.02. The maximum atomic E-state index is 11.9. The van der Waals surface area contributed by atoms with Crippen molar-refractivity contribution in [2.24, 2.45) is 5.92 Å². The zero-order chi connectivity index (χ0) is 13.8. The molecule has 1 aromatic rings. The predicted octanol–water partition coefficient (Wildman–Crippen LogP) is 1.90. The second-order valence-corrected chi connectivity index (χ2v) is 6.27. The quantitative estimate of drug-likeness (QED) is 0.679. The largest absolute Gasteiger partial charge is 0.348 e. The van der Waals surface area contributed by atoms with Crippen molar-refractivity contribution in [3.05, 3.63) is 35.9 Å². The summed E-state index contributed by atoms with van der Waals surface area (Å²) in [4.78, 5) is 18.6. The number of piperidine rings is 3. The van der Waals surface area contributed by atoms with E-state index in [1.165, 1.54) is 37.7 Å². The fourth-order valence-electron chi connectivity index (χ4n) is 2.94. The average Bonchev–Trinajstić information content (AvgIpc) is 2.49. The number of rotatable bonds is 4. The van der Waals surface area contributed by atoms with E-state index in [-0.39, 0.29) is 5.91 Å². The van der Waals surface area contributed by atoms with Crippen LogP contribution in [0.1, 0.15) is 12.8 Å². The number of nitrogens with zero attached hydrogens (tertiary/aromatic N) is 2. The van der Waals surface area contributed by atoms with Crippen LogP contribution in [0.2, 0.25) is 0 Å². The molecule has 3 fully saturated rings. The van der Waals surface area contributed by atoms with Gasteiger partial charge in [0.05, 0.1) is 0 Å². The summed E-state index contributed by atoms with van der Waals surface area (Å²) in [5, 5.41) is 5.84. The molecule has 0 spiro atoms. The molecule has 5 heteroatoms. The fraction of sp³-hybridized carbons (Fsp3) is 0.467. The zero-order valence-corrected chi connectivity index (χ0v) is 12.2. The smallest absolute Gasteiger partial charge is 0.244 e. The Bertz CT molecular complexity index is 483. The summed E-state index contributed by atoms with van der Waals surface area (Å²) in [6.45, 7) is 3.41. The average molecular weight is 289 g/mol. The van der Waals surface area contributed by atoms with Gasteiger partial charge >= 0.3 is 0 Å². The molecular formula is C15H19N3OS. The van der Waals surface area contributed by atoms with Gasteiger partial charge in [-0.2, -0.15) is 0 Å².